The van der Waals surface area contributed by atoms with Crippen molar-refractivity contribution in [2.45, 2.75) is 19.3 Å². The number of carbonyl (C=O) groups is 1. The van der Waals surface area contributed by atoms with Gasteiger partial charge >= 0.3 is 0 Å². The fourth-order valence-electron chi connectivity index (χ4n) is 0.788. The topological polar surface area (TPSA) is 17.1 Å². The van der Waals surface area contributed by atoms with Crippen LogP contribution < -0.4 is 0 Å². The van der Waals surface area contributed by atoms with Crippen molar-refractivity contribution in [3.63, 3.8) is 0 Å². The van der Waals surface area contributed by atoms with Gasteiger partial charge in [0.1, 0.15) is 5.78 Å². The van der Waals surface area contributed by atoms with Crippen LogP contribution in [0, 0.1) is 12.8 Å². The zero-order valence-electron chi connectivity index (χ0n) is 4.31. The lowest BCUT2D eigenvalue weighted by Gasteiger charge is -2.21. The summed E-state index contributed by atoms with van der Waals surface area (Å²) in [6.07, 6.45) is 2.53. The minimum Gasteiger partial charge on any atom is -0.300 e. The van der Waals surface area contributed by atoms with Crippen molar-refractivity contribution in [3.8, 4) is 0 Å². The van der Waals surface area contributed by atoms with Gasteiger partial charge in [0.15, 0.2) is 0 Å². The first kappa shape index (κ1) is 4.82. The van der Waals surface area contributed by atoms with Crippen molar-refractivity contribution in [3.05, 3.63) is 6.92 Å². The quantitative estimate of drug-likeness (QED) is 0.480. The van der Waals surface area contributed by atoms with Gasteiger partial charge in [-0.15, -0.1) is 0 Å². The summed E-state index contributed by atoms with van der Waals surface area (Å²) >= 11 is 0. The van der Waals surface area contributed by atoms with Crippen LogP contribution in [0.15, 0.2) is 0 Å². The Morgan fingerprint density at radius 2 is 2.29 bits per heavy atom. The van der Waals surface area contributed by atoms with E-state index in [1.165, 1.54) is 0 Å². The summed E-state index contributed by atoms with van der Waals surface area (Å²) in [5, 5.41) is 0. The van der Waals surface area contributed by atoms with Gasteiger partial charge in [0.25, 0.3) is 0 Å². The van der Waals surface area contributed by atoms with Crippen LogP contribution in [0.2, 0.25) is 0 Å². The summed E-state index contributed by atoms with van der Waals surface area (Å²) in [6.45, 7) is 3.69. The first-order chi connectivity index (χ1) is 3.33. The first-order valence-electron chi connectivity index (χ1n) is 2.64. The fourth-order valence-corrected chi connectivity index (χ4v) is 0.788. The molecule has 0 heterocycles. The molecule has 1 heteroatoms. The van der Waals surface area contributed by atoms with E-state index in [-0.39, 0.29) is 0 Å². The second-order valence-corrected chi connectivity index (χ2v) is 2.10. The molecule has 1 nitrogen and oxygen atoms in total. The molecule has 1 aliphatic rings. The third-order valence-electron chi connectivity index (χ3n) is 1.44. The number of ketones is 1. The number of hydrogen-bond donors (Lipinski definition) is 0. The Morgan fingerprint density at radius 3 is 2.43 bits per heavy atom. The van der Waals surface area contributed by atoms with Crippen LogP contribution in [0.5, 0.6) is 0 Å². The third kappa shape index (κ3) is 0.817. The third-order valence-corrected chi connectivity index (χ3v) is 1.44. The molecule has 1 fully saturated rings. The summed E-state index contributed by atoms with van der Waals surface area (Å²) in [5.74, 6) is 1.04. The Balaban J connectivity index is 2.17. The molecule has 0 aromatic heterocycles. The average molecular weight is 97.1 g/mol. The van der Waals surface area contributed by atoms with Gasteiger partial charge in [0, 0.05) is 12.8 Å². The molecule has 39 valence electrons. The van der Waals surface area contributed by atoms with Gasteiger partial charge in [-0.25, -0.2) is 0 Å². The Kier molecular flexibility index (Phi) is 1.13. The van der Waals surface area contributed by atoms with E-state index in [0.29, 0.717) is 11.7 Å². The molecule has 1 rings (SSSR count). The van der Waals surface area contributed by atoms with Gasteiger partial charge in [0.05, 0.1) is 0 Å². The molecule has 7 heavy (non-hydrogen) atoms. The van der Waals surface area contributed by atoms with Crippen molar-refractivity contribution in [2.24, 2.45) is 5.92 Å². The molecule has 0 amide bonds. The zero-order valence-corrected chi connectivity index (χ0v) is 4.31. The summed E-state index contributed by atoms with van der Waals surface area (Å²) in [7, 11) is 0. The maximum Gasteiger partial charge on any atom is 0.133 e. The maximum atomic E-state index is 10.2. The Morgan fingerprint density at radius 1 is 1.71 bits per heavy atom. The van der Waals surface area contributed by atoms with Gasteiger partial charge < -0.3 is 0 Å². The van der Waals surface area contributed by atoms with Crippen molar-refractivity contribution in [1.29, 1.82) is 0 Å². The maximum absolute atomic E-state index is 10.2. The van der Waals surface area contributed by atoms with E-state index in [4.69, 9.17) is 0 Å². The van der Waals surface area contributed by atoms with E-state index >= 15 is 0 Å². The summed E-state index contributed by atoms with van der Waals surface area (Å²) in [6, 6.07) is 0. The van der Waals surface area contributed by atoms with E-state index in [9.17, 15) is 4.79 Å². The van der Waals surface area contributed by atoms with Gasteiger partial charge in [-0.2, -0.15) is 0 Å². The lowest BCUT2D eigenvalue weighted by Crippen LogP contribution is -2.21. The molecule has 0 spiro atoms. The van der Waals surface area contributed by atoms with Gasteiger partial charge in [-0.1, -0.05) is 6.92 Å². The molecule has 0 saturated heterocycles. The molecule has 0 N–H and O–H groups in total. The molecule has 0 aromatic rings. The number of Topliss-reactive ketones (excluding diaryl/α,β-unsaturated/α-hetero) is 1. The Bertz CT molecular complexity index is 78.2. The van der Waals surface area contributed by atoms with Crippen molar-refractivity contribution in [1.82, 2.24) is 0 Å². The number of carbonyl (C=O) groups excluding carboxylic acids is 1. The lowest BCUT2D eigenvalue weighted by atomic mass is 9.82. The van der Waals surface area contributed by atoms with Crippen LogP contribution in [0.25, 0.3) is 0 Å². The first-order valence-corrected chi connectivity index (χ1v) is 2.64. The molecular weight excluding hydrogens is 88.1 g/mol. The predicted molar refractivity (Wildman–Crippen MR) is 27.7 cm³/mol. The van der Waals surface area contributed by atoms with Gasteiger partial charge in [-0.05, 0) is 12.3 Å². The summed E-state index contributed by atoms with van der Waals surface area (Å²) < 4.78 is 0. The second kappa shape index (κ2) is 1.65. The fraction of sp³-hybridized carbons (Fsp3) is 0.667. The minimum absolute atomic E-state index is 0.411. The van der Waals surface area contributed by atoms with E-state index in [2.05, 4.69) is 6.92 Å². The molecule has 0 bridgehead atoms. The van der Waals surface area contributed by atoms with Gasteiger partial charge in [0.2, 0.25) is 0 Å². The number of rotatable bonds is 1. The molecular formula is C6H9O. The smallest absolute Gasteiger partial charge is 0.133 e. The standard InChI is InChI=1S/C6H9O/c1-2-5-3-6(7)4-5/h5H,1-4H2. The van der Waals surface area contributed by atoms with E-state index in [1.807, 2.05) is 0 Å². The lowest BCUT2D eigenvalue weighted by molar-refractivity contribution is -0.126. The molecule has 1 saturated carbocycles. The molecule has 0 aromatic carbocycles. The highest BCUT2D eigenvalue weighted by Crippen LogP contribution is 2.24. The Hall–Kier alpha value is -0.330. The SMILES string of the molecule is [CH2]CC1CC(=O)C1. The molecule has 1 radical (unpaired) electrons. The predicted octanol–water partition coefficient (Wildman–Crippen LogP) is 1.19. The van der Waals surface area contributed by atoms with E-state index in [0.717, 1.165) is 19.3 Å². The second-order valence-electron chi connectivity index (χ2n) is 2.10. The Labute approximate surface area is 43.7 Å². The van der Waals surface area contributed by atoms with Crippen molar-refractivity contribution >= 4 is 5.78 Å². The molecule has 1 aliphatic carbocycles. The van der Waals surface area contributed by atoms with Crippen LogP contribution in [0.4, 0.5) is 0 Å². The summed E-state index contributed by atoms with van der Waals surface area (Å²) in [5.41, 5.74) is 0. The highest BCUT2D eigenvalue weighted by Gasteiger charge is 2.23. The van der Waals surface area contributed by atoms with E-state index < -0.39 is 0 Å². The van der Waals surface area contributed by atoms with Gasteiger partial charge in [-0.3, -0.25) is 4.79 Å². The zero-order chi connectivity index (χ0) is 5.28. The van der Waals surface area contributed by atoms with Crippen LogP contribution in [-0.4, -0.2) is 5.78 Å². The largest absolute Gasteiger partial charge is 0.300 e. The summed E-state index contributed by atoms with van der Waals surface area (Å²) in [4.78, 5) is 10.2. The number of hydrogen-bond acceptors (Lipinski definition) is 1. The van der Waals surface area contributed by atoms with Crippen molar-refractivity contribution in [2.75, 3.05) is 0 Å². The van der Waals surface area contributed by atoms with Crippen LogP contribution >= 0.6 is 0 Å². The van der Waals surface area contributed by atoms with Crippen LogP contribution in [0.3, 0.4) is 0 Å². The monoisotopic (exact) mass is 97.1 g/mol. The highest BCUT2D eigenvalue weighted by atomic mass is 16.1. The van der Waals surface area contributed by atoms with Crippen LogP contribution in [-0.2, 0) is 4.79 Å². The molecule has 0 atom stereocenters. The van der Waals surface area contributed by atoms with Crippen molar-refractivity contribution < 1.29 is 4.79 Å². The van der Waals surface area contributed by atoms with Crippen LogP contribution in [0.1, 0.15) is 19.3 Å². The minimum atomic E-state index is 0.411. The molecule has 0 unspecified atom stereocenters. The van der Waals surface area contributed by atoms with E-state index in [1.54, 1.807) is 0 Å². The average Bonchev–Trinajstić information content (AvgIpc) is 1.58. The normalized spacial score (nSPS) is 22.1. The molecule has 0 aliphatic heterocycles. The highest BCUT2D eigenvalue weighted by molar-refractivity contribution is 5.84.